The zero-order valence-electron chi connectivity index (χ0n) is 14.0. The summed E-state index contributed by atoms with van der Waals surface area (Å²) in [5, 5.41) is 1.01. The van der Waals surface area contributed by atoms with Crippen LogP contribution < -0.4 is 5.56 Å². The molecular weight excluding hydrogens is 304 g/mol. The Hall–Kier alpha value is -2.82. The second-order valence-corrected chi connectivity index (χ2v) is 5.99. The Morgan fingerprint density at radius 2 is 2.00 bits per heavy atom. The van der Waals surface area contributed by atoms with E-state index in [4.69, 9.17) is 4.42 Å². The molecule has 5 heteroatoms. The van der Waals surface area contributed by atoms with Gasteiger partial charge in [0.05, 0.1) is 6.04 Å². The Morgan fingerprint density at radius 1 is 1.25 bits per heavy atom. The van der Waals surface area contributed by atoms with E-state index in [1.54, 1.807) is 37.2 Å². The van der Waals surface area contributed by atoms with Crippen molar-refractivity contribution in [3.05, 3.63) is 70.3 Å². The van der Waals surface area contributed by atoms with Gasteiger partial charge in [-0.25, -0.2) is 0 Å². The zero-order valence-corrected chi connectivity index (χ0v) is 14.0. The van der Waals surface area contributed by atoms with Gasteiger partial charge in [-0.2, -0.15) is 0 Å². The Balaban J connectivity index is 1.79. The van der Waals surface area contributed by atoms with Gasteiger partial charge in [0.15, 0.2) is 0 Å². The van der Waals surface area contributed by atoms with Gasteiger partial charge in [-0.15, -0.1) is 0 Å². The molecule has 0 aliphatic carbocycles. The van der Waals surface area contributed by atoms with Gasteiger partial charge in [0, 0.05) is 24.2 Å². The number of carbonyl (C=O) groups is 1. The third-order valence-corrected chi connectivity index (χ3v) is 4.35. The zero-order chi connectivity index (χ0) is 17.3. The molecule has 124 valence electrons. The number of nitrogens with zero attached hydrogens (tertiary/aromatic N) is 2. The molecule has 1 aromatic carbocycles. The third kappa shape index (κ3) is 2.97. The first-order chi connectivity index (χ1) is 11.5. The van der Waals surface area contributed by atoms with E-state index in [9.17, 15) is 9.59 Å². The first kappa shape index (κ1) is 16.1. The molecule has 3 rings (SSSR count). The number of benzene rings is 1. The molecule has 0 spiro atoms. The Morgan fingerprint density at radius 3 is 2.75 bits per heavy atom. The standard InChI is InChI=1S/C19H20N2O3/c1-13-7-6-10-21(19(13)23)12-18(22)20(3)14(2)17-11-15-8-4-5-9-16(15)24-17/h4-11,14H,12H2,1-3H3. The molecule has 1 atom stereocenters. The van der Waals surface area contributed by atoms with E-state index in [0.29, 0.717) is 5.56 Å². The van der Waals surface area contributed by atoms with Crippen molar-refractivity contribution < 1.29 is 9.21 Å². The van der Waals surface area contributed by atoms with Crippen LogP contribution in [-0.4, -0.2) is 22.4 Å². The predicted molar refractivity (Wildman–Crippen MR) is 92.8 cm³/mol. The van der Waals surface area contributed by atoms with E-state index in [0.717, 1.165) is 16.7 Å². The van der Waals surface area contributed by atoms with Crippen LogP contribution in [-0.2, 0) is 11.3 Å². The van der Waals surface area contributed by atoms with Crippen LogP contribution in [0.25, 0.3) is 11.0 Å². The maximum Gasteiger partial charge on any atom is 0.253 e. The lowest BCUT2D eigenvalue weighted by atomic mass is 10.2. The summed E-state index contributed by atoms with van der Waals surface area (Å²) in [7, 11) is 1.72. The minimum atomic E-state index is -0.217. The molecule has 0 fully saturated rings. The average Bonchev–Trinajstić information content (AvgIpc) is 3.01. The molecule has 24 heavy (non-hydrogen) atoms. The molecule has 0 radical (unpaired) electrons. The number of hydrogen-bond donors (Lipinski definition) is 0. The number of amides is 1. The van der Waals surface area contributed by atoms with Gasteiger partial charge in [0.25, 0.3) is 5.56 Å². The van der Waals surface area contributed by atoms with Crippen molar-refractivity contribution in [1.82, 2.24) is 9.47 Å². The highest BCUT2D eigenvalue weighted by Gasteiger charge is 2.21. The molecule has 0 N–H and O–H groups in total. The van der Waals surface area contributed by atoms with Crippen molar-refractivity contribution in [3.63, 3.8) is 0 Å². The molecule has 1 unspecified atom stereocenters. The largest absolute Gasteiger partial charge is 0.459 e. The number of carbonyl (C=O) groups excluding carboxylic acids is 1. The van der Waals surface area contributed by atoms with Crippen molar-refractivity contribution >= 4 is 16.9 Å². The number of aryl methyl sites for hydroxylation is 1. The molecule has 1 amide bonds. The van der Waals surface area contributed by atoms with Gasteiger partial charge < -0.3 is 13.9 Å². The number of aromatic nitrogens is 1. The van der Waals surface area contributed by atoms with Crippen molar-refractivity contribution in [3.8, 4) is 0 Å². The summed E-state index contributed by atoms with van der Waals surface area (Å²) in [6.45, 7) is 3.67. The highest BCUT2D eigenvalue weighted by molar-refractivity contribution is 5.79. The summed E-state index contributed by atoms with van der Waals surface area (Å²) in [6.07, 6.45) is 1.63. The highest BCUT2D eigenvalue weighted by Crippen LogP contribution is 2.26. The summed E-state index contributed by atoms with van der Waals surface area (Å²) < 4.78 is 7.26. The van der Waals surface area contributed by atoms with E-state index < -0.39 is 0 Å². The molecule has 0 bridgehead atoms. The highest BCUT2D eigenvalue weighted by atomic mass is 16.3. The normalized spacial score (nSPS) is 12.3. The van der Waals surface area contributed by atoms with Crippen molar-refractivity contribution in [2.75, 3.05) is 7.05 Å². The van der Waals surface area contributed by atoms with Crippen molar-refractivity contribution in [1.29, 1.82) is 0 Å². The van der Waals surface area contributed by atoms with Gasteiger partial charge in [0.2, 0.25) is 5.91 Å². The van der Waals surface area contributed by atoms with Crippen molar-refractivity contribution in [2.45, 2.75) is 26.4 Å². The Labute approximate surface area is 140 Å². The van der Waals surface area contributed by atoms with Crippen LogP contribution in [0.5, 0.6) is 0 Å². The van der Waals surface area contributed by atoms with Gasteiger partial charge in [-0.1, -0.05) is 24.3 Å². The number of likely N-dealkylation sites (N-methyl/N-ethyl adjacent to an activating group) is 1. The monoisotopic (exact) mass is 324 g/mol. The molecule has 0 saturated carbocycles. The third-order valence-electron chi connectivity index (χ3n) is 4.35. The minimum absolute atomic E-state index is 0.0155. The first-order valence-electron chi connectivity index (χ1n) is 7.87. The van der Waals surface area contributed by atoms with Crippen LogP contribution >= 0.6 is 0 Å². The lowest BCUT2D eigenvalue weighted by Gasteiger charge is -2.23. The van der Waals surface area contributed by atoms with Crippen LogP contribution in [0.1, 0.15) is 24.3 Å². The second kappa shape index (κ2) is 6.35. The summed E-state index contributed by atoms with van der Waals surface area (Å²) in [5.41, 5.74) is 1.28. The first-order valence-corrected chi connectivity index (χ1v) is 7.87. The lowest BCUT2D eigenvalue weighted by Crippen LogP contribution is -2.35. The number of hydrogen-bond acceptors (Lipinski definition) is 3. The van der Waals surface area contributed by atoms with E-state index in [2.05, 4.69) is 0 Å². The van der Waals surface area contributed by atoms with Crippen LogP contribution in [0.2, 0.25) is 0 Å². The summed E-state index contributed by atoms with van der Waals surface area (Å²) in [4.78, 5) is 26.2. The quantitative estimate of drug-likeness (QED) is 0.741. The topological polar surface area (TPSA) is 55.5 Å². The molecule has 0 aliphatic heterocycles. The van der Waals surface area contributed by atoms with Gasteiger partial charge in [-0.3, -0.25) is 9.59 Å². The molecule has 2 aromatic heterocycles. The molecular formula is C19H20N2O3. The fourth-order valence-electron chi connectivity index (χ4n) is 2.65. The van der Waals surface area contributed by atoms with Crippen LogP contribution in [0.3, 0.4) is 0 Å². The Kier molecular flexibility index (Phi) is 4.25. The fraction of sp³-hybridized carbons (Fsp3) is 0.263. The van der Waals surface area contributed by atoms with Gasteiger partial charge in [0.1, 0.15) is 17.9 Å². The Bertz CT molecular complexity index is 906. The summed E-state index contributed by atoms with van der Waals surface area (Å²) >= 11 is 0. The molecule has 0 saturated heterocycles. The fourth-order valence-corrected chi connectivity index (χ4v) is 2.65. The number of fused-ring (bicyclic) bond motifs is 1. The van der Waals surface area contributed by atoms with Crippen molar-refractivity contribution in [2.24, 2.45) is 0 Å². The number of rotatable bonds is 4. The van der Waals surface area contributed by atoms with E-state index in [-0.39, 0.29) is 24.1 Å². The SMILES string of the molecule is Cc1cccn(CC(=O)N(C)C(C)c2cc3ccccc3o2)c1=O. The molecule has 0 aliphatic rings. The van der Waals surface area contributed by atoms with Gasteiger partial charge >= 0.3 is 0 Å². The van der Waals surface area contributed by atoms with Crippen LogP contribution in [0.4, 0.5) is 0 Å². The average molecular weight is 324 g/mol. The number of furan rings is 1. The number of pyridine rings is 1. The maximum atomic E-state index is 12.5. The van der Waals surface area contributed by atoms with Crippen LogP contribution in [0, 0.1) is 6.92 Å². The molecule has 3 aromatic rings. The lowest BCUT2D eigenvalue weighted by molar-refractivity contribution is -0.132. The summed E-state index contributed by atoms with van der Waals surface area (Å²) in [6, 6.07) is 13.0. The van der Waals surface area contributed by atoms with Crippen LogP contribution in [0.15, 0.2) is 57.9 Å². The second-order valence-electron chi connectivity index (χ2n) is 5.99. The smallest absolute Gasteiger partial charge is 0.253 e. The van der Waals surface area contributed by atoms with E-state index >= 15 is 0 Å². The molecule has 2 heterocycles. The van der Waals surface area contributed by atoms with E-state index in [1.807, 2.05) is 37.3 Å². The minimum Gasteiger partial charge on any atom is -0.459 e. The maximum absolute atomic E-state index is 12.5. The predicted octanol–water partition coefficient (Wildman–Crippen LogP) is 3.12. The summed E-state index contributed by atoms with van der Waals surface area (Å²) in [5.74, 6) is 0.583. The van der Waals surface area contributed by atoms with Gasteiger partial charge in [-0.05, 0) is 32.0 Å². The molecule has 5 nitrogen and oxygen atoms in total. The number of para-hydroxylation sites is 1. The van der Waals surface area contributed by atoms with E-state index in [1.165, 1.54) is 4.57 Å².